The zero-order chi connectivity index (χ0) is 24.1. The minimum absolute atomic E-state index is 0.0123. The van der Waals surface area contributed by atoms with Gasteiger partial charge in [-0.25, -0.2) is 17.2 Å². The molecule has 2 saturated carbocycles. The van der Waals surface area contributed by atoms with Crippen LogP contribution in [0.3, 0.4) is 0 Å². The molecular weight excluding hydrogens is 476 g/mol. The molecule has 2 bridgehead atoms. The van der Waals surface area contributed by atoms with E-state index in [2.05, 4.69) is 5.32 Å². The summed E-state index contributed by atoms with van der Waals surface area (Å²) in [5.74, 6) is -3.54. The van der Waals surface area contributed by atoms with Crippen LogP contribution in [0.4, 0.5) is 14.5 Å². The maximum absolute atomic E-state index is 13.5. The van der Waals surface area contributed by atoms with Gasteiger partial charge in [-0.05, 0) is 67.3 Å². The molecule has 10 heteroatoms. The van der Waals surface area contributed by atoms with Crippen molar-refractivity contribution in [3.8, 4) is 0 Å². The quantitative estimate of drug-likeness (QED) is 0.580. The third kappa shape index (κ3) is 4.16. The standard InChI is InChI=1S/C23H24ClF2NO5S/c1-12-6-14-8-16(10-17(12)23(14,30)11-28)33(31,32)21-7-13(2-4-18(21)24)22(29)27-15-3-5-19(25)20(26)9-15/h2-5,7,9,12,14,16-17,28,30H,6,8,10-11H2,1H3,(H,27,29)/t12-,14?,16+,17+,23-/m0/s1. The lowest BCUT2D eigenvalue weighted by molar-refractivity contribution is -0.0985. The molecule has 5 atom stereocenters. The first kappa shape index (κ1) is 24.1. The van der Waals surface area contributed by atoms with Gasteiger partial charge in [-0.3, -0.25) is 4.79 Å². The minimum atomic E-state index is -3.96. The molecule has 178 valence electrons. The monoisotopic (exact) mass is 499 g/mol. The van der Waals surface area contributed by atoms with E-state index < -0.39 is 44.8 Å². The summed E-state index contributed by atoms with van der Waals surface area (Å²) in [6.07, 6.45) is 0.985. The van der Waals surface area contributed by atoms with E-state index in [0.717, 1.165) is 12.1 Å². The van der Waals surface area contributed by atoms with Crippen LogP contribution in [0, 0.1) is 29.4 Å². The summed E-state index contributed by atoms with van der Waals surface area (Å²) in [4.78, 5) is 12.4. The Kier molecular flexibility index (Phi) is 6.28. The van der Waals surface area contributed by atoms with Crippen molar-refractivity contribution in [1.82, 2.24) is 0 Å². The Morgan fingerprint density at radius 3 is 2.52 bits per heavy atom. The third-order valence-corrected chi connectivity index (χ3v) is 9.78. The molecule has 2 aliphatic rings. The first-order valence-electron chi connectivity index (χ1n) is 10.6. The number of fused-ring (bicyclic) bond motifs is 2. The largest absolute Gasteiger partial charge is 0.393 e. The van der Waals surface area contributed by atoms with E-state index >= 15 is 0 Å². The van der Waals surface area contributed by atoms with Crippen molar-refractivity contribution in [1.29, 1.82) is 0 Å². The number of nitrogens with one attached hydrogen (secondary N) is 1. The normalized spacial score (nSPS) is 29.2. The SMILES string of the molecule is C[C@H]1CC2C[C@@H](S(=O)(=O)c3cc(C(=O)Nc4ccc(F)c(F)c4)ccc3Cl)C[C@H]1[C@]2(O)CO. The topological polar surface area (TPSA) is 104 Å². The van der Waals surface area contributed by atoms with Gasteiger partial charge in [0.05, 0.1) is 27.4 Å². The average molecular weight is 500 g/mol. The molecule has 2 aliphatic carbocycles. The van der Waals surface area contributed by atoms with Crippen LogP contribution in [-0.2, 0) is 9.84 Å². The maximum atomic E-state index is 13.5. The van der Waals surface area contributed by atoms with Crippen LogP contribution in [-0.4, -0.2) is 42.0 Å². The van der Waals surface area contributed by atoms with Crippen LogP contribution in [0.1, 0.15) is 36.5 Å². The lowest BCUT2D eigenvalue weighted by Gasteiger charge is -2.41. The van der Waals surface area contributed by atoms with E-state index in [1.165, 1.54) is 24.3 Å². The van der Waals surface area contributed by atoms with Crippen molar-refractivity contribution < 1.29 is 32.2 Å². The summed E-state index contributed by atoms with van der Waals surface area (Å²) < 4.78 is 53.5. The highest BCUT2D eigenvalue weighted by Gasteiger charge is 2.58. The molecule has 33 heavy (non-hydrogen) atoms. The Balaban J connectivity index is 1.61. The van der Waals surface area contributed by atoms with Gasteiger partial charge in [0.2, 0.25) is 0 Å². The van der Waals surface area contributed by atoms with Gasteiger partial charge in [-0.1, -0.05) is 18.5 Å². The summed E-state index contributed by atoms with van der Waals surface area (Å²) >= 11 is 6.21. The molecule has 0 radical (unpaired) electrons. The smallest absolute Gasteiger partial charge is 0.255 e. The number of benzene rings is 2. The Hall–Kier alpha value is -2.07. The van der Waals surface area contributed by atoms with Crippen LogP contribution in [0.25, 0.3) is 0 Å². The van der Waals surface area contributed by atoms with Crippen LogP contribution in [0.5, 0.6) is 0 Å². The highest BCUT2D eigenvalue weighted by Crippen LogP contribution is 2.54. The number of anilines is 1. The van der Waals surface area contributed by atoms with Gasteiger partial charge in [0.1, 0.15) is 0 Å². The lowest BCUT2D eigenvalue weighted by atomic mass is 9.74. The fourth-order valence-electron chi connectivity index (χ4n) is 5.37. The van der Waals surface area contributed by atoms with Crippen molar-refractivity contribution >= 4 is 33.0 Å². The number of amides is 1. The number of rotatable bonds is 5. The number of halogens is 3. The van der Waals surface area contributed by atoms with E-state index in [-0.39, 0.29) is 51.8 Å². The summed E-state index contributed by atoms with van der Waals surface area (Å²) in [6.45, 7) is 1.52. The van der Waals surface area contributed by atoms with Crippen molar-refractivity contribution in [2.45, 2.75) is 41.9 Å². The number of hydrogen-bond acceptors (Lipinski definition) is 5. The highest BCUT2D eigenvalue weighted by molar-refractivity contribution is 7.92. The van der Waals surface area contributed by atoms with E-state index in [0.29, 0.717) is 6.42 Å². The summed E-state index contributed by atoms with van der Waals surface area (Å²) in [7, 11) is -3.96. The molecule has 0 heterocycles. The van der Waals surface area contributed by atoms with E-state index in [1.54, 1.807) is 0 Å². The second-order valence-corrected chi connectivity index (χ2v) is 11.6. The molecule has 2 fully saturated rings. The van der Waals surface area contributed by atoms with Gasteiger partial charge in [-0.15, -0.1) is 0 Å². The molecular formula is C23H24ClF2NO5S. The molecule has 0 aromatic heterocycles. The molecule has 0 aliphatic heterocycles. The second kappa shape index (κ2) is 8.61. The zero-order valence-electron chi connectivity index (χ0n) is 17.8. The van der Waals surface area contributed by atoms with Crippen molar-refractivity contribution in [2.24, 2.45) is 17.8 Å². The van der Waals surface area contributed by atoms with Crippen LogP contribution >= 0.6 is 11.6 Å². The lowest BCUT2D eigenvalue weighted by Crippen LogP contribution is -2.51. The van der Waals surface area contributed by atoms with Crippen molar-refractivity contribution in [3.63, 3.8) is 0 Å². The van der Waals surface area contributed by atoms with Crippen molar-refractivity contribution in [3.05, 3.63) is 58.6 Å². The average Bonchev–Trinajstić information content (AvgIpc) is 2.89. The number of aliphatic hydroxyl groups excluding tert-OH is 1. The highest BCUT2D eigenvalue weighted by atomic mass is 35.5. The van der Waals surface area contributed by atoms with Gasteiger partial charge in [0.15, 0.2) is 21.5 Å². The van der Waals surface area contributed by atoms with Gasteiger partial charge >= 0.3 is 0 Å². The predicted molar refractivity (Wildman–Crippen MR) is 119 cm³/mol. The van der Waals surface area contributed by atoms with Gasteiger partial charge in [0.25, 0.3) is 5.91 Å². The van der Waals surface area contributed by atoms with Gasteiger partial charge < -0.3 is 15.5 Å². The fourth-order valence-corrected chi connectivity index (χ4v) is 7.74. The van der Waals surface area contributed by atoms with E-state index in [9.17, 15) is 32.2 Å². The van der Waals surface area contributed by atoms with E-state index in [1.807, 2.05) is 6.92 Å². The van der Waals surface area contributed by atoms with Crippen LogP contribution < -0.4 is 5.32 Å². The molecule has 1 amide bonds. The third-order valence-electron chi connectivity index (χ3n) is 7.13. The minimum Gasteiger partial charge on any atom is -0.393 e. The van der Waals surface area contributed by atoms with Gasteiger partial charge in [0, 0.05) is 17.3 Å². The number of sulfone groups is 1. The molecule has 0 saturated heterocycles. The summed E-state index contributed by atoms with van der Waals surface area (Å²) in [5.41, 5.74) is -1.29. The molecule has 3 N–H and O–H groups in total. The predicted octanol–water partition coefficient (Wildman–Crippen LogP) is 3.80. The molecule has 1 unspecified atom stereocenters. The summed E-state index contributed by atoms with van der Waals surface area (Å²) in [6, 6.07) is 6.69. The molecule has 2 aromatic carbocycles. The Morgan fingerprint density at radius 1 is 1.15 bits per heavy atom. The number of carbonyl (C=O) groups excluding carboxylic acids is 1. The second-order valence-electron chi connectivity index (χ2n) is 9.03. The zero-order valence-corrected chi connectivity index (χ0v) is 19.3. The number of carbonyl (C=O) groups is 1. The summed E-state index contributed by atoms with van der Waals surface area (Å²) in [5, 5.41) is 22.2. The van der Waals surface area contributed by atoms with Crippen LogP contribution in [0.2, 0.25) is 5.02 Å². The Bertz CT molecular complexity index is 1210. The Morgan fingerprint density at radius 2 is 1.88 bits per heavy atom. The number of hydrogen-bond donors (Lipinski definition) is 3. The van der Waals surface area contributed by atoms with Crippen molar-refractivity contribution in [2.75, 3.05) is 11.9 Å². The van der Waals surface area contributed by atoms with E-state index in [4.69, 9.17) is 11.6 Å². The Labute approximate surface area is 195 Å². The number of aliphatic hydroxyl groups is 2. The molecule has 6 nitrogen and oxygen atoms in total. The van der Waals surface area contributed by atoms with Gasteiger partial charge in [-0.2, -0.15) is 0 Å². The fraction of sp³-hybridized carbons (Fsp3) is 0.435. The maximum Gasteiger partial charge on any atom is 0.255 e. The first-order valence-corrected chi connectivity index (χ1v) is 12.5. The first-order chi connectivity index (χ1) is 15.5. The van der Waals surface area contributed by atoms with Crippen LogP contribution in [0.15, 0.2) is 41.3 Å². The molecule has 2 aromatic rings. The molecule has 4 rings (SSSR count). The molecule has 0 spiro atoms.